The number of hydrogen-bond donors (Lipinski definition) is 2. The van der Waals surface area contributed by atoms with Gasteiger partial charge in [0.05, 0.1) is 17.4 Å². The van der Waals surface area contributed by atoms with Crippen LogP contribution >= 0.6 is 15.9 Å². The Morgan fingerprint density at radius 1 is 1.30 bits per heavy atom. The molecule has 2 atom stereocenters. The van der Waals surface area contributed by atoms with Crippen molar-refractivity contribution in [3.05, 3.63) is 46.7 Å². The van der Waals surface area contributed by atoms with Gasteiger partial charge in [-0.3, -0.25) is 4.79 Å². The summed E-state index contributed by atoms with van der Waals surface area (Å²) in [4.78, 5) is 12.5. The lowest BCUT2D eigenvalue weighted by atomic mass is 9.84. The lowest BCUT2D eigenvalue weighted by Gasteiger charge is -2.31. The van der Waals surface area contributed by atoms with Crippen LogP contribution in [0.2, 0.25) is 0 Å². The van der Waals surface area contributed by atoms with Crippen LogP contribution in [0.15, 0.2) is 41.1 Å². The third-order valence-corrected chi connectivity index (χ3v) is 4.99. The third-order valence-electron chi connectivity index (χ3n) is 4.46. The van der Waals surface area contributed by atoms with E-state index in [9.17, 15) is 4.79 Å². The lowest BCUT2D eigenvalue weighted by Crippen LogP contribution is -2.44. The molecule has 1 heterocycles. The first kappa shape index (κ1) is 16.2. The smallest absolute Gasteiger partial charge is 0.254 e. The zero-order valence-electron chi connectivity index (χ0n) is 12.9. The van der Waals surface area contributed by atoms with Crippen molar-refractivity contribution in [1.82, 2.24) is 15.1 Å². The Morgan fingerprint density at radius 3 is 2.78 bits per heavy atom. The van der Waals surface area contributed by atoms with Gasteiger partial charge in [-0.1, -0.05) is 28.8 Å². The fraction of sp³-hybridized carbons (Fsp3) is 0.412. The number of nitrogens with one attached hydrogen (secondary N) is 1. The van der Waals surface area contributed by atoms with E-state index in [1.807, 2.05) is 24.3 Å². The number of benzene rings is 1. The van der Waals surface area contributed by atoms with Gasteiger partial charge in [0.25, 0.3) is 5.91 Å². The summed E-state index contributed by atoms with van der Waals surface area (Å²) in [6.45, 7) is 0.628. The van der Waals surface area contributed by atoms with E-state index in [1.165, 1.54) is 6.42 Å². The number of halogens is 1. The molecule has 1 amide bonds. The number of carbonyl (C=O) groups excluding carboxylic acids is 1. The SMILES string of the molecule is NCC1CCCCC1NC(=O)c1cnn(-c2ccc(Br)cc2)c1. The van der Waals surface area contributed by atoms with Crippen LogP contribution in [0.5, 0.6) is 0 Å². The highest BCUT2D eigenvalue weighted by molar-refractivity contribution is 9.10. The maximum absolute atomic E-state index is 12.5. The average Bonchev–Trinajstić information content (AvgIpc) is 3.06. The van der Waals surface area contributed by atoms with Crippen LogP contribution < -0.4 is 11.1 Å². The quantitative estimate of drug-likeness (QED) is 0.861. The van der Waals surface area contributed by atoms with E-state index in [-0.39, 0.29) is 11.9 Å². The Morgan fingerprint density at radius 2 is 2.04 bits per heavy atom. The van der Waals surface area contributed by atoms with E-state index in [1.54, 1.807) is 17.1 Å². The minimum atomic E-state index is -0.0706. The molecule has 0 radical (unpaired) electrons. The van der Waals surface area contributed by atoms with Crippen molar-refractivity contribution in [2.24, 2.45) is 11.7 Å². The number of hydrogen-bond acceptors (Lipinski definition) is 3. The van der Waals surface area contributed by atoms with E-state index < -0.39 is 0 Å². The molecule has 1 aromatic carbocycles. The number of carbonyl (C=O) groups is 1. The maximum atomic E-state index is 12.5. The molecular formula is C17H21BrN4O. The number of rotatable bonds is 4. The first-order valence-corrected chi connectivity index (χ1v) is 8.78. The average molecular weight is 377 g/mol. The predicted molar refractivity (Wildman–Crippen MR) is 93.5 cm³/mol. The zero-order chi connectivity index (χ0) is 16.2. The minimum absolute atomic E-state index is 0.0706. The Kier molecular flexibility index (Phi) is 5.13. The zero-order valence-corrected chi connectivity index (χ0v) is 14.5. The highest BCUT2D eigenvalue weighted by atomic mass is 79.9. The van der Waals surface area contributed by atoms with Gasteiger partial charge in [0.1, 0.15) is 0 Å². The third kappa shape index (κ3) is 3.82. The molecule has 1 saturated carbocycles. The van der Waals surface area contributed by atoms with Crippen LogP contribution in [0.3, 0.4) is 0 Å². The van der Waals surface area contributed by atoms with Crippen LogP contribution in [-0.4, -0.2) is 28.3 Å². The van der Waals surface area contributed by atoms with Crippen LogP contribution in [0.1, 0.15) is 36.0 Å². The minimum Gasteiger partial charge on any atom is -0.349 e. The second-order valence-electron chi connectivity index (χ2n) is 6.01. The van der Waals surface area contributed by atoms with Crippen LogP contribution in [0.4, 0.5) is 0 Å². The van der Waals surface area contributed by atoms with Crippen molar-refractivity contribution < 1.29 is 4.79 Å². The molecule has 2 aromatic rings. The number of amides is 1. The second-order valence-corrected chi connectivity index (χ2v) is 6.93. The van der Waals surface area contributed by atoms with Crippen LogP contribution in [0.25, 0.3) is 5.69 Å². The Balaban J connectivity index is 1.69. The van der Waals surface area contributed by atoms with Crippen molar-refractivity contribution in [3.63, 3.8) is 0 Å². The van der Waals surface area contributed by atoms with Crippen molar-refractivity contribution in [3.8, 4) is 5.69 Å². The van der Waals surface area contributed by atoms with E-state index in [2.05, 4.69) is 26.3 Å². The van der Waals surface area contributed by atoms with Gasteiger partial charge in [-0.2, -0.15) is 5.10 Å². The van der Waals surface area contributed by atoms with Crippen molar-refractivity contribution in [1.29, 1.82) is 0 Å². The monoisotopic (exact) mass is 376 g/mol. The Hall–Kier alpha value is -1.66. The van der Waals surface area contributed by atoms with Crippen LogP contribution in [0, 0.1) is 5.92 Å². The molecule has 0 aliphatic heterocycles. The summed E-state index contributed by atoms with van der Waals surface area (Å²) in [7, 11) is 0. The molecule has 5 nitrogen and oxygen atoms in total. The van der Waals surface area contributed by atoms with Crippen molar-refractivity contribution in [2.45, 2.75) is 31.7 Å². The summed E-state index contributed by atoms with van der Waals surface area (Å²) < 4.78 is 2.72. The normalized spacial score (nSPS) is 21.1. The van der Waals surface area contributed by atoms with Crippen molar-refractivity contribution >= 4 is 21.8 Å². The van der Waals surface area contributed by atoms with E-state index in [0.29, 0.717) is 18.0 Å². The molecule has 2 unspecified atom stereocenters. The molecule has 3 rings (SSSR count). The topological polar surface area (TPSA) is 72.9 Å². The fourth-order valence-electron chi connectivity index (χ4n) is 3.11. The Labute approximate surface area is 144 Å². The summed E-state index contributed by atoms with van der Waals surface area (Å²) in [5.41, 5.74) is 7.33. The van der Waals surface area contributed by atoms with Gasteiger partial charge in [0, 0.05) is 16.7 Å². The summed E-state index contributed by atoms with van der Waals surface area (Å²) >= 11 is 3.41. The number of nitrogens with two attached hydrogens (primary N) is 1. The van der Waals surface area contributed by atoms with Crippen LogP contribution in [-0.2, 0) is 0 Å². The van der Waals surface area contributed by atoms with Gasteiger partial charge in [-0.15, -0.1) is 0 Å². The lowest BCUT2D eigenvalue weighted by molar-refractivity contribution is 0.0908. The maximum Gasteiger partial charge on any atom is 0.254 e. The fourth-order valence-corrected chi connectivity index (χ4v) is 3.37. The van der Waals surface area contributed by atoms with Gasteiger partial charge in [0.2, 0.25) is 0 Å². The molecule has 0 saturated heterocycles. The molecule has 23 heavy (non-hydrogen) atoms. The summed E-state index contributed by atoms with van der Waals surface area (Å²) in [5, 5.41) is 7.42. The molecule has 0 bridgehead atoms. The molecule has 3 N–H and O–H groups in total. The van der Waals surface area contributed by atoms with Gasteiger partial charge >= 0.3 is 0 Å². The summed E-state index contributed by atoms with van der Waals surface area (Å²) in [5.74, 6) is 0.313. The van der Waals surface area contributed by atoms with Gasteiger partial charge < -0.3 is 11.1 Å². The predicted octanol–water partition coefficient (Wildman–Crippen LogP) is 2.88. The van der Waals surface area contributed by atoms with Gasteiger partial charge in [-0.25, -0.2) is 4.68 Å². The molecule has 6 heteroatoms. The molecule has 1 aliphatic rings. The molecule has 1 aliphatic carbocycles. The first-order valence-electron chi connectivity index (χ1n) is 7.99. The highest BCUT2D eigenvalue weighted by Gasteiger charge is 2.26. The standard InChI is InChI=1S/C17H21BrN4O/c18-14-5-7-15(8-6-14)22-11-13(10-20-22)17(23)21-16-4-2-1-3-12(16)9-19/h5-8,10-12,16H,1-4,9,19H2,(H,21,23). The number of aromatic nitrogens is 2. The van der Waals surface area contributed by atoms with Gasteiger partial charge in [-0.05, 0) is 49.6 Å². The highest BCUT2D eigenvalue weighted by Crippen LogP contribution is 2.24. The molecular weight excluding hydrogens is 356 g/mol. The molecule has 122 valence electrons. The molecule has 1 fully saturated rings. The Bertz CT molecular complexity index is 667. The van der Waals surface area contributed by atoms with E-state index in [4.69, 9.17) is 5.73 Å². The molecule has 1 aromatic heterocycles. The van der Waals surface area contributed by atoms with Gasteiger partial charge in [0.15, 0.2) is 0 Å². The summed E-state index contributed by atoms with van der Waals surface area (Å²) in [6, 6.07) is 7.97. The van der Waals surface area contributed by atoms with Crippen molar-refractivity contribution in [2.75, 3.05) is 6.54 Å². The number of nitrogens with zero attached hydrogens (tertiary/aromatic N) is 2. The van der Waals surface area contributed by atoms with E-state index >= 15 is 0 Å². The summed E-state index contributed by atoms with van der Waals surface area (Å²) in [6.07, 6.45) is 7.83. The second kappa shape index (κ2) is 7.27. The van der Waals surface area contributed by atoms with E-state index in [0.717, 1.165) is 29.4 Å². The molecule has 0 spiro atoms. The first-order chi connectivity index (χ1) is 11.2. The largest absolute Gasteiger partial charge is 0.349 e.